The third-order valence-electron chi connectivity index (χ3n) is 5.32. The minimum Gasteiger partial charge on any atom is -0.497 e. The molecule has 0 aromatic heterocycles. The number of amides is 2. The third kappa shape index (κ3) is 3.49. The standard InChI is InChI=1S/C19H26N2O4/c1-3-21-17(22)8-11-20(14-19(21)9-12-25-13-10-19)18(23)15-4-6-16(24-2)7-5-15/h4-7H,3,8-14H2,1-2H3. The van der Waals surface area contributed by atoms with E-state index in [2.05, 4.69) is 0 Å². The van der Waals surface area contributed by atoms with E-state index in [1.807, 2.05) is 16.7 Å². The van der Waals surface area contributed by atoms with Crippen molar-refractivity contribution in [3.63, 3.8) is 0 Å². The number of nitrogens with zero attached hydrogens (tertiary/aromatic N) is 2. The van der Waals surface area contributed by atoms with E-state index in [0.29, 0.717) is 44.8 Å². The van der Waals surface area contributed by atoms with Crippen LogP contribution in [0.4, 0.5) is 0 Å². The van der Waals surface area contributed by atoms with E-state index >= 15 is 0 Å². The Morgan fingerprint density at radius 1 is 1.24 bits per heavy atom. The molecule has 0 saturated carbocycles. The molecule has 1 aromatic carbocycles. The van der Waals surface area contributed by atoms with Crippen LogP contribution in [0.25, 0.3) is 0 Å². The Bertz CT molecular complexity index is 623. The van der Waals surface area contributed by atoms with E-state index in [-0.39, 0.29) is 17.4 Å². The number of hydrogen-bond donors (Lipinski definition) is 0. The van der Waals surface area contributed by atoms with Crippen LogP contribution in [0, 0.1) is 0 Å². The van der Waals surface area contributed by atoms with Gasteiger partial charge in [0.15, 0.2) is 0 Å². The Morgan fingerprint density at radius 2 is 1.92 bits per heavy atom. The zero-order valence-electron chi connectivity index (χ0n) is 15.0. The number of hydrogen-bond acceptors (Lipinski definition) is 4. The molecule has 3 rings (SSSR count). The van der Waals surface area contributed by atoms with Gasteiger partial charge >= 0.3 is 0 Å². The van der Waals surface area contributed by atoms with Gasteiger partial charge in [0.25, 0.3) is 5.91 Å². The van der Waals surface area contributed by atoms with Crippen molar-refractivity contribution in [2.24, 2.45) is 0 Å². The SMILES string of the molecule is CCN1C(=O)CCN(C(=O)c2ccc(OC)cc2)CC12CCOCC2. The molecule has 2 fully saturated rings. The Kier molecular flexibility index (Phi) is 5.27. The van der Waals surface area contributed by atoms with E-state index in [1.54, 1.807) is 31.4 Å². The highest BCUT2D eigenvalue weighted by molar-refractivity contribution is 5.95. The number of methoxy groups -OCH3 is 1. The van der Waals surface area contributed by atoms with E-state index in [1.165, 1.54) is 0 Å². The number of rotatable bonds is 3. The second-order valence-corrected chi connectivity index (χ2v) is 6.68. The van der Waals surface area contributed by atoms with Crippen molar-refractivity contribution in [3.05, 3.63) is 29.8 Å². The topological polar surface area (TPSA) is 59.1 Å². The maximum Gasteiger partial charge on any atom is 0.253 e. The maximum absolute atomic E-state index is 13.0. The van der Waals surface area contributed by atoms with E-state index < -0.39 is 0 Å². The predicted molar refractivity (Wildman–Crippen MR) is 93.7 cm³/mol. The summed E-state index contributed by atoms with van der Waals surface area (Å²) in [7, 11) is 1.60. The van der Waals surface area contributed by atoms with Crippen molar-refractivity contribution in [1.82, 2.24) is 9.80 Å². The third-order valence-corrected chi connectivity index (χ3v) is 5.32. The van der Waals surface area contributed by atoms with Gasteiger partial charge in [-0.3, -0.25) is 9.59 Å². The van der Waals surface area contributed by atoms with Crippen LogP contribution in [0.1, 0.15) is 36.5 Å². The van der Waals surface area contributed by atoms with Gasteiger partial charge in [-0.2, -0.15) is 0 Å². The molecule has 2 heterocycles. The predicted octanol–water partition coefficient (Wildman–Crippen LogP) is 1.94. The van der Waals surface area contributed by atoms with E-state index in [0.717, 1.165) is 18.6 Å². The lowest BCUT2D eigenvalue weighted by molar-refractivity contribution is -0.139. The molecule has 0 radical (unpaired) electrons. The lowest BCUT2D eigenvalue weighted by Gasteiger charge is -2.46. The molecular formula is C19H26N2O4. The molecule has 136 valence electrons. The monoisotopic (exact) mass is 346 g/mol. The summed E-state index contributed by atoms with van der Waals surface area (Å²) in [4.78, 5) is 29.4. The lowest BCUT2D eigenvalue weighted by atomic mass is 9.87. The van der Waals surface area contributed by atoms with Crippen molar-refractivity contribution in [2.75, 3.05) is 40.0 Å². The summed E-state index contributed by atoms with van der Waals surface area (Å²) in [6.07, 6.45) is 1.93. The zero-order valence-corrected chi connectivity index (χ0v) is 15.0. The first-order chi connectivity index (χ1) is 12.1. The summed E-state index contributed by atoms with van der Waals surface area (Å²) < 4.78 is 10.7. The number of carbonyl (C=O) groups excluding carboxylic acids is 2. The molecule has 0 atom stereocenters. The zero-order chi connectivity index (χ0) is 17.9. The molecule has 6 nitrogen and oxygen atoms in total. The van der Waals surface area contributed by atoms with Crippen molar-refractivity contribution >= 4 is 11.8 Å². The molecule has 2 amide bonds. The lowest BCUT2D eigenvalue weighted by Crippen LogP contribution is -2.58. The number of benzene rings is 1. The molecule has 25 heavy (non-hydrogen) atoms. The van der Waals surface area contributed by atoms with Crippen LogP contribution in [-0.2, 0) is 9.53 Å². The summed E-state index contributed by atoms with van der Waals surface area (Å²) in [5.41, 5.74) is 0.323. The van der Waals surface area contributed by atoms with Gasteiger partial charge in [0, 0.05) is 44.8 Å². The van der Waals surface area contributed by atoms with Gasteiger partial charge in [0.2, 0.25) is 5.91 Å². The molecule has 0 unspecified atom stereocenters. The average Bonchev–Trinajstić information content (AvgIpc) is 2.78. The summed E-state index contributed by atoms with van der Waals surface area (Å²) in [5.74, 6) is 0.828. The molecule has 2 aliphatic heterocycles. The van der Waals surface area contributed by atoms with Gasteiger partial charge in [0.05, 0.1) is 12.6 Å². The molecule has 0 aliphatic carbocycles. The van der Waals surface area contributed by atoms with Gasteiger partial charge in [-0.25, -0.2) is 0 Å². The average molecular weight is 346 g/mol. The van der Waals surface area contributed by atoms with Crippen molar-refractivity contribution < 1.29 is 19.1 Å². The quantitative estimate of drug-likeness (QED) is 0.839. The molecule has 2 aliphatic rings. The van der Waals surface area contributed by atoms with Crippen LogP contribution >= 0.6 is 0 Å². The first-order valence-corrected chi connectivity index (χ1v) is 8.91. The normalized spacial score (nSPS) is 20.5. The Labute approximate surface area is 148 Å². The second kappa shape index (κ2) is 7.44. The highest BCUT2D eigenvalue weighted by atomic mass is 16.5. The molecular weight excluding hydrogens is 320 g/mol. The van der Waals surface area contributed by atoms with Gasteiger partial charge in [0.1, 0.15) is 5.75 Å². The van der Waals surface area contributed by atoms with Gasteiger partial charge in [-0.1, -0.05) is 0 Å². The van der Waals surface area contributed by atoms with Gasteiger partial charge < -0.3 is 19.3 Å². The minimum absolute atomic E-state index is 0.0285. The van der Waals surface area contributed by atoms with E-state index in [4.69, 9.17) is 9.47 Å². The van der Waals surface area contributed by atoms with Crippen LogP contribution in [0.2, 0.25) is 0 Å². The highest BCUT2D eigenvalue weighted by Gasteiger charge is 2.44. The molecule has 0 N–H and O–H groups in total. The largest absolute Gasteiger partial charge is 0.497 e. The van der Waals surface area contributed by atoms with Crippen molar-refractivity contribution in [3.8, 4) is 5.75 Å². The molecule has 0 bridgehead atoms. The van der Waals surface area contributed by atoms with Crippen LogP contribution in [0.3, 0.4) is 0 Å². The van der Waals surface area contributed by atoms with E-state index in [9.17, 15) is 9.59 Å². The second-order valence-electron chi connectivity index (χ2n) is 6.68. The summed E-state index contributed by atoms with van der Waals surface area (Å²) >= 11 is 0. The summed E-state index contributed by atoms with van der Waals surface area (Å²) in [5, 5.41) is 0. The van der Waals surface area contributed by atoms with Crippen molar-refractivity contribution in [1.29, 1.82) is 0 Å². The van der Waals surface area contributed by atoms with Crippen molar-refractivity contribution in [2.45, 2.75) is 31.7 Å². The van der Waals surface area contributed by atoms with Gasteiger partial charge in [-0.15, -0.1) is 0 Å². The first kappa shape index (κ1) is 17.7. The highest BCUT2D eigenvalue weighted by Crippen LogP contribution is 2.32. The summed E-state index contributed by atoms with van der Waals surface area (Å²) in [6.45, 7) is 4.98. The molecule has 2 saturated heterocycles. The fraction of sp³-hybridized carbons (Fsp3) is 0.579. The Hall–Kier alpha value is -2.08. The van der Waals surface area contributed by atoms with Crippen LogP contribution in [-0.4, -0.2) is 67.1 Å². The number of ether oxygens (including phenoxy) is 2. The maximum atomic E-state index is 13.0. The fourth-order valence-electron chi connectivity index (χ4n) is 3.93. The first-order valence-electron chi connectivity index (χ1n) is 8.91. The minimum atomic E-state index is -0.303. The molecule has 6 heteroatoms. The van der Waals surface area contributed by atoms with Crippen LogP contribution < -0.4 is 4.74 Å². The molecule has 1 aromatic rings. The van der Waals surface area contributed by atoms with Crippen LogP contribution in [0.15, 0.2) is 24.3 Å². The summed E-state index contributed by atoms with van der Waals surface area (Å²) in [6, 6.07) is 7.14. The number of carbonyl (C=O) groups is 2. The van der Waals surface area contributed by atoms with Gasteiger partial charge in [-0.05, 0) is 44.0 Å². The smallest absolute Gasteiger partial charge is 0.253 e. The fourth-order valence-corrected chi connectivity index (χ4v) is 3.93. The Balaban J connectivity index is 1.85. The van der Waals surface area contributed by atoms with Crippen LogP contribution in [0.5, 0.6) is 5.75 Å². The molecule has 1 spiro atoms. The Morgan fingerprint density at radius 3 is 2.52 bits per heavy atom. The number of likely N-dealkylation sites (N-methyl/N-ethyl adjacent to an activating group) is 1.